The van der Waals surface area contributed by atoms with Gasteiger partial charge in [-0.25, -0.2) is 9.97 Å². The molecule has 1 fully saturated rings. The summed E-state index contributed by atoms with van der Waals surface area (Å²) >= 11 is 5.99. The smallest absolute Gasteiger partial charge is 0.272 e. The van der Waals surface area contributed by atoms with Gasteiger partial charge in [-0.05, 0) is 25.5 Å². The van der Waals surface area contributed by atoms with Crippen molar-refractivity contribution in [3.63, 3.8) is 0 Å². The van der Waals surface area contributed by atoms with Crippen molar-refractivity contribution in [2.24, 2.45) is 0 Å². The number of nitrogens with two attached hydrogens (primary N) is 1. The molecule has 3 heterocycles. The first kappa shape index (κ1) is 17.2. The van der Waals surface area contributed by atoms with E-state index in [4.69, 9.17) is 22.1 Å². The number of hydrogen-bond acceptors (Lipinski definition) is 7. The average Bonchev–Trinajstić information content (AvgIpc) is 3.07. The Labute approximate surface area is 150 Å². The van der Waals surface area contributed by atoms with Gasteiger partial charge < -0.3 is 20.7 Å². The SMILES string of the molecule is CCOc1nc(N[C@@H]2CCN(C(=O)c3ccc(N)cn3)C2)ncc1Cl. The maximum atomic E-state index is 12.5. The topological polar surface area (TPSA) is 106 Å². The van der Waals surface area contributed by atoms with E-state index in [0.717, 1.165) is 6.42 Å². The minimum atomic E-state index is -0.115. The van der Waals surface area contributed by atoms with E-state index < -0.39 is 0 Å². The number of anilines is 2. The zero-order valence-corrected chi connectivity index (χ0v) is 14.5. The number of pyridine rings is 1. The van der Waals surface area contributed by atoms with Crippen LogP contribution in [0.5, 0.6) is 5.88 Å². The zero-order valence-electron chi connectivity index (χ0n) is 13.8. The van der Waals surface area contributed by atoms with Crippen molar-refractivity contribution in [3.8, 4) is 5.88 Å². The zero-order chi connectivity index (χ0) is 17.8. The third-order valence-corrected chi connectivity index (χ3v) is 4.07. The molecule has 0 spiro atoms. The van der Waals surface area contributed by atoms with Gasteiger partial charge in [0.2, 0.25) is 11.8 Å². The number of halogens is 1. The molecule has 0 bridgehead atoms. The Bertz CT molecular complexity index is 755. The van der Waals surface area contributed by atoms with Gasteiger partial charge in [0.05, 0.1) is 24.7 Å². The van der Waals surface area contributed by atoms with Gasteiger partial charge in [-0.2, -0.15) is 4.98 Å². The van der Waals surface area contributed by atoms with Crippen LogP contribution >= 0.6 is 11.6 Å². The average molecular weight is 363 g/mol. The highest BCUT2D eigenvalue weighted by atomic mass is 35.5. The molecule has 0 radical (unpaired) electrons. The van der Waals surface area contributed by atoms with Crippen LogP contribution in [0.2, 0.25) is 5.02 Å². The predicted molar refractivity (Wildman–Crippen MR) is 94.8 cm³/mol. The van der Waals surface area contributed by atoms with Gasteiger partial charge in [0.25, 0.3) is 5.91 Å². The van der Waals surface area contributed by atoms with Crippen LogP contribution in [0.25, 0.3) is 0 Å². The minimum Gasteiger partial charge on any atom is -0.477 e. The van der Waals surface area contributed by atoms with Crippen LogP contribution in [0.3, 0.4) is 0 Å². The van der Waals surface area contributed by atoms with E-state index in [0.29, 0.717) is 47.9 Å². The van der Waals surface area contributed by atoms with Crippen molar-refractivity contribution < 1.29 is 9.53 Å². The number of likely N-dealkylation sites (tertiary alicyclic amines) is 1. The van der Waals surface area contributed by atoms with E-state index in [1.165, 1.54) is 12.4 Å². The molecule has 8 nitrogen and oxygen atoms in total. The van der Waals surface area contributed by atoms with Crippen molar-refractivity contribution in [2.75, 3.05) is 30.7 Å². The number of nitrogens with zero attached hydrogens (tertiary/aromatic N) is 4. The molecule has 0 aromatic carbocycles. The highest BCUT2D eigenvalue weighted by Gasteiger charge is 2.28. The van der Waals surface area contributed by atoms with Gasteiger partial charge in [0.1, 0.15) is 10.7 Å². The molecule has 2 aromatic rings. The fourth-order valence-electron chi connectivity index (χ4n) is 2.60. The van der Waals surface area contributed by atoms with Crippen LogP contribution in [0.15, 0.2) is 24.5 Å². The fraction of sp³-hybridized carbons (Fsp3) is 0.375. The highest BCUT2D eigenvalue weighted by molar-refractivity contribution is 6.31. The number of rotatable bonds is 5. The summed E-state index contributed by atoms with van der Waals surface area (Å²) < 4.78 is 5.36. The Balaban J connectivity index is 1.62. The molecule has 3 rings (SSSR count). The Morgan fingerprint density at radius 3 is 3.00 bits per heavy atom. The quantitative estimate of drug-likeness (QED) is 0.835. The van der Waals surface area contributed by atoms with Crippen molar-refractivity contribution in [1.29, 1.82) is 0 Å². The van der Waals surface area contributed by atoms with Crippen molar-refractivity contribution in [3.05, 3.63) is 35.2 Å². The molecule has 1 atom stereocenters. The number of ether oxygens (including phenoxy) is 1. The van der Waals surface area contributed by atoms with Crippen LogP contribution in [0.1, 0.15) is 23.8 Å². The maximum absolute atomic E-state index is 12.5. The lowest BCUT2D eigenvalue weighted by atomic mass is 10.3. The predicted octanol–water partition coefficient (Wildman–Crippen LogP) is 1.83. The summed E-state index contributed by atoms with van der Waals surface area (Å²) in [5.74, 6) is 0.660. The van der Waals surface area contributed by atoms with Crippen LogP contribution in [0.4, 0.5) is 11.6 Å². The summed E-state index contributed by atoms with van der Waals surface area (Å²) in [6.45, 7) is 3.50. The van der Waals surface area contributed by atoms with Crippen LogP contribution in [0, 0.1) is 0 Å². The molecule has 0 saturated carbocycles. The van der Waals surface area contributed by atoms with E-state index in [2.05, 4.69) is 20.3 Å². The van der Waals surface area contributed by atoms with Gasteiger partial charge in [-0.1, -0.05) is 11.6 Å². The molecule has 1 amide bonds. The first-order chi connectivity index (χ1) is 12.1. The summed E-state index contributed by atoms with van der Waals surface area (Å²) in [4.78, 5) is 26.7. The number of aromatic nitrogens is 3. The first-order valence-electron chi connectivity index (χ1n) is 7.99. The first-order valence-corrected chi connectivity index (χ1v) is 8.37. The molecule has 9 heteroatoms. The van der Waals surface area contributed by atoms with Gasteiger partial charge in [0.15, 0.2) is 0 Å². The number of carbonyl (C=O) groups excluding carboxylic acids is 1. The number of nitrogens with one attached hydrogen (secondary N) is 1. The molecule has 1 aliphatic heterocycles. The van der Waals surface area contributed by atoms with Gasteiger partial charge in [-0.3, -0.25) is 4.79 Å². The molecular weight excluding hydrogens is 344 g/mol. The molecule has 3 N–H and O–H groups in total. The Kier molecular flexibility index (Phi) is 5.18. The van der Waals surface area contributed by atoms with E-state index in [1.54, 1.807) is 17.0 Å². The number of hydrogen-bond donors (Lipinski definition) is 2. The van der Waals surface area contributed by atoms with E-state index >= 15 is 0 Å². The van der Waals surface area contributed by atoms with E-state index in [1.807, 2.05) is 6.92 Å². The van der Waals surface area contributed by atoms with Crippen LogP contribution in [-0.2, 0) is 0 Å². The lowest BCUT2D eigenvalue weighted by Gasteiger charge is -2.17. The number of carbonyl (C=O) groups is 1. The standard InChI is InChI=1S/C16H19ClN6O2/c1-2-25-14-12(17)8-20-16(22-14)21-11-5-6-23(9-11)15(24)13-4-3-10(18)7-19-13/h3-4,7-8,11H,2,5-6,9,18H2,1H3,(H,20,21,22)/t11-/m1/s1. The second kappa shape index (κ2) is 7.52. The van der Waals surface area contributed by atoms with E-state index in [9.17, 15) is 4.79 Å². The Hall–Kier alpha value is -2.61. The molecule has 1 aliphatic rings. The summed E-state index contributed by atoms with van der Waals surface area (Å²) in [7, 11) is 0. The largest absolute Gasteiger partial charge is 0.477 e. The number of amides is 1. The van der Waals surface area contributed by atoms with E-state index in [-0.39, 0.29) is 11.9 Å². The van der Waals surface area contributed by atoms with Gasteiger partial charge in [-0.15, -0.1) is 0 Å². The van der Waals surface area contributed by atoms with Gasteiger partial charge in [0, 0.05) is 19.1 Å². The summed E-state index contributed by atoms with van der Waals surface area (Å²) in [5, 5.41) is 3.58. The molecule has 132 valence electrons. The molecule has 25 heavy (non-hydrogen) atoms. The monoisotopic (exact) mass is 362 g/mol. The lowest BCUT2D eigenvalue weighted by molar-refractivity contribution is 0.0786. The van der Waals surface area contributed by atoms with Crippen LogP contribution in [-0.4, -0.2) is 51.5 Å². The highest BCUT2D eigenvalue weighted by Crippen LogP contribution is 2.23. The molecule has 1 saturated heterocycles. The van der Waals surface area contributed by atoms with Crippen molar-refractivity contribution in [1.82, 2.24) is 19.9 Å². The third kappa shape index (κ3) is 4.08. The second-order valence-corrected chi connectivity index (χ2v) is 6.04. The van der Waals surface area contributed by atoms with Crippen molar-refractivity contribution in [2.45, 2.75) is 19.4 Å². The summed E-state index contributed by atoms with van der Waals surface area (Å²) in [5.41, 5.74) is 6.52. The van der Waals surface area contributed by atoms with Gasteiger partial charge >= 0.3 is 0 Å². The maximum Gasteiger partial charge on any atom is 0.272 e. The lowest BCUT2D eigenvalue weighted by Crippen LogP contribution is -2.32. The fourth-order valence-corrected chi connectivity index (χ4v) is 2.74. The molecule has 2 aromatic heterocycles. The summed E-state index contributed by atoms with van der Waals surface area (Å²) in [6.07, 6.45) is 3.77. The Morgan fingerprint density at radius 2 is 2.28 bits per heavy atom. The molecule has 0 unspecified atom stereocenters. The Morgan fingerprint density at radius 1 is 1.44 bits per heavy atom. The molecule has 0 aliphatic carbocycles. The van der Waals surface area contributed by atoms with Crippen LogP contribution < -0.4 is 15.8 Å². The normalized spacial score (nSPS) is 16.7. The van der Waals surface area contributed by atoms with Crippen molar-refractivity contribution >= 4 is 29.1 Å². The number of nitrogen functional groups attached to an aromatic ring is 1. The third-order valence-electron chi connectivity index (χ3n) is 3.81. The second-order valence-electron chi connectivity index (χ2n) is 5.64. The minimum absolute atomic E-state index is 0.0494. The summed E-state index contributed by atoms with van der Waals surface area (Å²) in [6, 6.07) is 3.35. The molecular formula is C16H19ClN6O2.